The van der Waals surface area contributed by atoms with Gasteiger partial charge in [0.15, 0.2) is 0 Å². The van der Waals surface area contributed by atoms with E-state index in [2.05, 4.69) is 9.83 Å². The van der Waals surface area contributed by atoms with Crippen LogP contribution in [0, 0.1) is 6.57 Å². The molecule has 2 aliphatic rings. The predicted molar refractivity (Wildman–Crippen MR) is 126 cm³/mol. The van der Waals surface area contributed by atoms with Gasteiger partial charge in [0.1, 0.15) is 24.5 Å². The minimum absolute atomic E-state index is 0.00717. The fraction of sp³-hybridized carbons (Fsp3) is 0.407. The summed E-state index contributed by atoms with van der Waals surface area (Å²) in [6.45, 7) is 5.63. The summed E-state index contributed by atoms with van der Waals surface area (Å²) in [6, 6.07) is 9.93. The fourth-order valence-electron chi connectivity index (χ4n) is 5.73. The molecule has 1 atom stereocenters. The van der Waals surface area contributed by atoms with E-state index in [4.69, 9.17) is 11.3 Å². The summed E-state index contributed by atoms with van der Waals surface area (Å²) in [5.74, 6) is -0.492. The number of aliphatic carboxylic acids is 1. The van der Waals surface area contributed by atoms with Crippen LogP contribution in [0.3, 0.4) is 0 Å². The Morgan fingerprint density at radius 2 is 1.97 bits per heavy atom. The van der Waals surface area contributed by atoms with Crippen LogP contribution in [0.5, 0.6) is 5.75 Å². The van der Waals surface area contributed by atoms with Gasteiger partial charge in [-0.1, -0.05) is 29.8 Å². The molecule has 2 aromatic carbocycles. The molecule has 1 heterocycles. The molecule has 3 aromatic rings. The third-order valence-electron chi connectivity index (χ3n) is 7.45. The highest BCUT2D eigenvalue weighted by Crippen LogP contribution is 2.46. The van der Waals surface area contributed by atoms with Gasteiger partial charge in [-0.2, -0.15) is 13.2 Å². The van der Waals surface area contributed by atoms with Crippen LogP contribution in [0.4, 0.5) is 13.2 Å². The molecule has 0 amide bonds. The number of nitrogens with zero attached hydrogens (tertiary/aromatic N) is 1. The van der Waals surface area contributed by atoms with Gasteiger partial charge in [-0.15, -0.1) is 0 Å². The number of carboxylic acid groups (broad SMARTS) is 1. The molecule has 5 nitrogen and oxygen atoms in total. The monoisotopic (exact) mass is 483 g/mol. The molecule has 5 rings (SSSR count). The van der Waals surface area contributed by atoms with Crippen molar-refractivity contribution in [1.29, 1.82) is 0 Å². The van der Waals surface area contributed by atoms with Crippen molar-refractivity contribution in [2.45, 2.75) is 69.2 Å². The molecule has 1 fully saturated rings. The molecule has 35 heavy (non-hydrogen) atoms. The van der Waals surface area contributed by atoms with Crippen molar-refractivity contribution in [3.8, 4) is 12.3 Å². The minimum Gasteiger partial charge on any atom is -0.489 e. The number of nitrogens with one attached hydrogen (secondary N) is 1. The molecule has 8 heteroatoms. The Kier molecular flexibility index (Phi) is 5.74. The number of halogens is 3. The lowest BCUT2D eigenvalue weighted by atomic mass is 9.91. The van der Waals surface area contributed by atoms with Crippen LogP contribution in [-0.4, -0.2) is 16.1 Å². The number of alkyl halides is 3. The SMILES string of the molecule is C#[N+][C@@]1(CC(=O)O)CCc2c1[nH]c1ccc(OCc3ccc(C4CCCC4)c(C(F)(F)F)c3)cc21. The smallest absolute Gasteiger partial charge is 0.416 e. The molecule has 0 aliphatic heterocycles. The Hall–Kier alpha value is -3.47. The maximum Gasteiger partial charge on any atom is 0.416 e. The maximum atomic E-state index is 13.8. The largest absolute Gasteiger partial charge is 0.489 e. The molecule has 2 aliphatic carbocycles. The standard InChI is InChI=1S/C27H25F3N2O3/c1-31-26(14-24(33)34)11-10-20-21-13-18(7-9-23(21)32-25(20)26)35-15-16-6-8-19(17-4-2-3-5-17)22(12-16)27(28,29)30/h1,6-9,12-13,17,32H,2-5,10-11,14-15H2/p+1/t26-/m1/s1. The molecule has 1 saturated carbocycles. The molecule has 0 radical (unpaired) electrons. The average Bonchev–Trinajstić information content (AvgIpc) is 3.54. The first-order chi connectivity index (χ1) is 16.7. The van der Waals surface area contributed by atoms with Crippen LogP contribution in [0.1, 0.15) is 72.4 Å². The number of rotatable bonds is 6. The van der Waals surface area contributed by atoms with Gasteiger partial charge in [0.05, 0.1) is 5.56 Å². The second-order valence-corrected chi connectivity index (χ2v) is 9.61. The van der Waals surface area contributed by atoms with Crippen LogP contribution in [0.15, 0.2) is 36.4 Å². The number of H-pyrrole nitrogens is 1. The number of ether oxygens (including phenoxy) is 1. The van der Waals surface area contributed by atoms with E-state index in [1.54, 1.807) is 18.2 Å². The number of carboxylic acids is 1. The van der Waals surface area contributed by atoms with Crippen molar-refractivity contribution in [3.05, 3.63) is 69.2 Å². The van der Waals surface area contributed by atoms with Crippen LogP contribution < -0.4 is 4.74 Å². The number of fused-ring (bicyclic) bond motifs is 3. The van der Waals surface area contributed by atoms with Crippen molar-refractivity contribution < 1.29 is 27.8 Å². The van der Waals surface area contributed by atoms with Crippen molar-refractivity contribution in [2.24, 2.45) is 0 Å². The van der Waals surface area contributed by atoms with Crippen molar-refractivity contribution >= 4 is 16.9 Å². The molecule has 2 N–H and O–H groups in total. The molecular weight excluding hydrogens is 457 g/mol. The first-order valence-electron chi connectivity index (χ1n) is 11.8. The number of hydrogen-bond donors (Lipinski definition) is 2. The van der Waals surface area contributed by atoms with Crippen molar-refractivity contribution in [1.82, 2.24) is 4.98 Å². The van der Waals surface area contributed by atoms with Crippen LogP contribution in [0.25, 0.3) is 15.7 Å². The summed E-state index contributed by atoms with van der Waals surface area (Å²) in [4.78, 5) is 18.6. The second kappa shape index (κ2) is 8.63. The topological polar surface area (TPSA) is 66.7 Å². The van der Waals surface area contributed by atoms with E-state index in [-0.39, 0.29) is 18.9 Å². The zero-order valence-corrected chi connectivity index (χ0v) is 19.1. The zero-order valence-electron chi connectivity index (χ0n) is 19.1. The van der Waals surface area contributed by atoms with Gasteiger partial charge in [0.25, 0.3) is 6.57 Å². The van der Waals surface area contributed by atoms with Crippen LogP contribution >= 0.6 is 0 Å². The molecule has 0 bridgehead atoms. The summed E-state index contributed by atoms with van der Waals surface area (Å²) in [7, 11) is 0. The Morgan fingerprint density at radius 1 is 1.20 bits per heavy atom. The Labute approximate surface area is 200 Å². The number of aromatic amines is 1. The first kappa shape index (κ1) is 23.3. The lowest BCUT2D eigenvalue weighted by Gasteiger charge is -2.19. The van der Waals surface area contributed by atoms with E-state index < -0.39 is 23.2 Å². The summed E-state index contributed by atoms with van der Waals surface area (Å²) < 4.78 is 47.2. The first-order valence-corrected chi connectivity index (χ1v) is 11.8. The van der Waals surface area contributed by atoms with Crippen LogP contribution in [0.2, 0.25) is 0 Å². The highest BCUT2D eigenvalue weighted by atomic mass is 19.4. The highest BCUT2D eigenvalue weighted by Gasteiger charge is 2.52. The summed E-state index contributed by atoms with van der Waals surface area (Å²) in [6.07, 6.45) is 0.0239. The Bertz CT molecular complexity index is 1330. The van der Waals surface area contributed by atoms with Gasteiger partial charge < -0.3 is 14.8 Å². The number of hydrogen-bond acceptors (Lipinski definition) is 2. The van der Waals surface area contributed by atoms with Gasteiger partial charge in [-0.3, -0.25) is 4.79 Å². The lowest BCUT2D eigenvalue weighted by molar-refractivity contribution is -0.139. The maximum absolute atomic E-state index is 13.8. The van der Waals surface area contributed by atoms with Gasteiger partial charge in [-0.05, 0) is 66.1 Å². The fourth-order valence-corrected chi connectivity index (χ4v) is 5.73. The molecule has 0 unspecified atom stereocenters. The normalized spacial score (nSPS) is 20.2. The summed E-state index contributed by atoms with van der Waals surface area (Å²) in [5, 5.41) is 10.2. The van der Waals surface area contributed by atoms with E-state index in [1.165, 1.54) is 6.07 Å². The number of carbonyl (C=O) groups is 1. The minimum atomic E-state index is -4.41. The second-order valence-electron chi connectivity index (χ2n) is 9.61. The molecule has 0 saturated heterocycles. The van der Waals surface area contributed by atoms with E-state index in [9.17, 15) is 23.1 Å². The lowest BCUT2D eigenvalue weighted by Crippen LogP contribution is -2.23. The third kappa shape index (κ3) is 4.24. The Balaban J connectivity index is 1.39. The Morgan fingerprint density at radius 3 is 2.66 bits per heavy atom. The van der Waals surface area contributed by atoms with Gasteiger partial charge in [0, 0.05) is 17.3 Å². The zero-order chi connectivity index (χ0) is 24.8. The van der Waals surface area contributed by atoms with Crippen LogP contribution in [-0.2, 0) is 29.5 Å². The van der Waals surface area contributed by atoms with E-state index in [0.29, 0.717) is 35.4 Å². The quantitative estimate of drug-likeness (QED) is 0.397. The number of aryl methyl sites for hydroxylation is 1. The van der Waals surface area contributed by atoms with Gasteiger partial charge in [0.2, 0.25) is 0 Å². The molecule has 182 valence electrons. The molecular formula is C27H26F3N2O3+. The van der Waals surface area contributed by atoms with Gasteiger partial charge in [-0.25, -0.2) is 0 Å². The van der Waals surface area contributed by atoms with Crippen molar-refractivity contribution in [2.75, 3.05) is 0 Å². The highest BCUT2D eigenvalue weighted by molar-refractivity contribution is 5.88. The third-order valence-corrected chi connectivity index (χ3v) is 7.45. The summed E-state index contributed by atoms with van der Waals surface area (Å²) >= 11 is 0. The van der Waals surface area contributed by atoms with E-state index >= 15 is 0 Å². The molecule has 0 spiro atoms. The van der Waals surface area contributed by atoms with Crippen molar-refractivity contribution in [3.63, 3.8) is 0 Å². The number of benzene rings is 2. The van der Waals surface area contributed by atoms with Gasteiger partial charge >= 0.3 is 17.7 Å². The molecule has 1 aromatic heterocycles. The van der Waals surface area contributed by atoms with E-state index in [0.717, 1.165) is 42.1 Å². The van der Waals surface area contributed by atoms with E-state index in [1.807, 2.05) is 12.1 Å². The summed E-state index contributed by atoms with van der Waals surface area (Å²) in [5.41, 5.74) is 1.74. The average molecular weight is 484 g/mol. The predicted octanol–water partition coefficient (Wildman–Crippen LogP) is 7.00. The number of aromatic nitrogens is 1.